The van der Waals surface area contributed by atoms with Crippen molar-refractivity contribution in [2.24, 2.45) is 4.99 Å². The van der Waals surface area contributed by atoms with Gasteiger partial charge in [-0.2, -0.15) is 0 Å². The van der Waals surface area contributed by atoms with E-state index in [-0.39, 0.29) is 10.9 Å². The summed E-state index contributed by atoms with van der Waals surface area (Å²) in [6.07, 6.45) is 3.91. The van der Waals surface area contributed by atoms with Crippen LogP contribution in [0.3, 0.4) is 0 Å². The third-order valence-corrected chi connectivity index (χ3v) is 4.97. The van der Waals surface area contributed by atoms with Crippen molar-refractivity contribution in [2.45, 2.75) is 17.7 Å². The fourth-order valence-electron chi connectivity index (χ4n) is 2.57. The number of hydrogen-bond donors (Lipinski definition) is 2. The van der Waals surface area contributed by atoms with Gasteiger partial charge in [-0.1, -0.05) is 6.08 Å². The van der Waals surface area contributed by atoms with Crippen molar-refractivity contribution in [3.8, 4) is 0 Å². The second kappa shape index (κ2) is 5.40. The van der Waals surface area contributed by atoms with Gasteiger partial charge in [0.25, 0.3) is 10.0 Å². The molecule has 0 aliphatic carbocycles. The molecule has 21 heavy (non-hydrogen) atoms. The molecule has 0 aromatic heterocycles. The Bertz CT molecular complexity index is 691. The van der Waals surface area contributed by atoms with E-state index in [1.807, 2.05) is 6.07 Å². The van der Waals surface area contributed by atoms with Gasteiger partial charge < -0.3 is 10.2 Å². The van der Waals surface area contributed by atoms with E-state index in [0.29, 0.717) is 12.2 Å². The molecule has 6 nitrogen and oxygen atoms in total. The van der Waals surface area contributed by atoms with E-state index in [4.69, 9.17) is 0 Å². The number of nitrogens with zero attached hydrogens (tertiary/aromatic N) is 2. The van der Waals surface area contributed by atoms with Crippen LogP contribution in [0.15, 0.2) is 40.7 Å². The molecule has 112 valence electrons. The lowest BCUT2D eigenvalue weighted by atomic mass is 10.2. The monoisotopic (exact) mass is 306 g/mol. The minimum absolute atomic E-state index is 0.233. The van der Waals surface area contributed by atoms with Gasteiger partial charge in [0.1, 0.15) is 4.90 Å². The molecule has 2 aliphatic heterocycles. The normalized spacial score (nSPS) is 21.5. The molecule has 1 aromatic rings. The number of rotatable bonds is 3. The molecule has 0 amide bonds. The summed E-state index contributed by atoms with van der Waals surface area (Å²) in [5.74, 6) is 0.233. The molecule has 0 bridgehead atoms. The fourth-order valence-corrected chi connectivity index (χ4v) is 3.74. The number of sulfonamides is 1. The van der Waals surface area contributed by atoms with Crippen LogP contribution in [-0.4, -0.2) is 34.0 Å². The zero-order valence-corrected chi connectivity index (χ0v) is 12.5. The lowest BCUT2D eigenvalue weighted by Crippen LogP contribution is -2.41. The first-order valence-electron chi connectivity index (χ1n) is 6.94. The van der Waals surface area contributed by atoms with Gasteiger partial charge in [-0.3, -0.25) is 0 Å². The average molecular weight is 306 g/mol. The zero-order valence-electron chi connectivity index (χ0n) is 11.7. The van der Waals surface area contributed by atoms with E-state index in [1.54, 1.807) is 18.2 Å². The summed E-state index contributed by atoms with van der Waals surface area (Å²) in [5, 5.41) is 3.00. The molecule has 1 fully saturated rings. The van der Waals surface area contributed by atoms with E-state index in [1.165, 1.54) is 0 Å². The van der Waals surface area contributed by atoms with Gasteiger partial charge in [0.05, 0.1) is 12.2 Å². The molecule has 1 saturated heterocycles. The number of nitrogens with one attached hydrogen (secondary N) is 2. The summed E-state index contributed by atoms with van der Waals surface area (Å²) >= 11 is 0. The van der Waals surface area contributed by atoms with Crippen LogP contribution in [0.5, 0.6) is 0 Å². The SMILES string of the molecule is C=CCN=C1Nc2ccc(N3CCCC3)cc2S(=O)(=O)N1. The van der Waals surface area contributed by atoms with Crippen molar-refractivity contribution in [3.63, 3.8) is 0 Å². The Morgan fingerprint density at radius 1 is 1.33 bits per heavy atom. The Kier molecular flexibility index (Phi) is 3.59. The highest BCUT2D eigenvalue weighted by atomic mass is 32.2. The summed E-state index contributed by atoms with van der Waals surface area (Å²) in [6.45, 7) is 5.87. The van der Waals surface area contributed by atoms with Crippen LogP contribution < -0.4 is 14.9 Å². The average Bonchev–Trinajstić information content (AvgIpc) is 2.98. The van der Waals surface area contributed by atoms with Gasteiger partial charge in [0.2, 0.25) is 5.96 Å². The van der Waals surface area contributed by atoms with Crippen LogP contribution in [0.25, 0.3) is 0 Å². The van der Waals surface area contributed by atoms with Crippen molar-refractivity contribution >= 4 is 27.4 Å². The first-order valence-corrected chi connectivity index (χ1v) is 8.43. The van der Waals surface area contributed by atoms with Crippen molar-refractivity contribution in [3.05, 3.63) is 30.9 Å². The Balaban J connectivity index is 1.97. The molecule has 2 N–H and O–H groups in total. The minimum Gasteiger partial charge on any atom is -0.371 e. The van der Waals surface area contributed by atoms with Gasteiger partial charge >= 0.3 is 0 Å². The van der Waals surface area contributed by atoms with E-state index in [9.17, 15) is 8.42 Å². The van der Waals surface area contributed by atoms with Crippen molar-refractivity contribution < 1.29 is 8.42 Å². The third kappa shape index (κ3) is 2.73. The van der Waals surface area contributed by atoms with Gasteiger partial charge in [0, 0.05) is 18.8 Å². The van der Waals surface area contributed by atoms with Gasteiger partial charge in [-0.15, -0.1) is 6.58 Å². The van der Waals surface area contributed by atoms with Crippen LogP contribution in [0.2, 0.25) is 0 Å². The smallest absolute Gasteiger partial charge is 0.266 e. The maximum Gasteiger partial charge on any atom is 0.266 e. The second-order valence-electron chi connectivity index (χ2n) is 5.08. The minimum atomic E-state index is -3.58. The Hall–Kier alpha value is -2.02. The second-order valence-corrected chi connectivity index (χ2v) is 6.73. The van der Waals surface area contributed by atoms with Crippen molar-refractivity contribution in [2.75, 3.05) is 29.9 Å². The maximum absolute atomic E-state index is 12.3. The van der Waals surface area contributed by atoms with E-state index in [0.717, 1.165) is 31.6 Å². The van der Waals surface area contributed by atoms with E-state index in [2.05, 4.69) is 26.5 Å². The molecule has 0 saturated carbocycles. The van der Waals surface area contributed by atoms with Crippen molar-refractivity contribution in [1.82, 2.24) is 4.72 Å². The lowest BCUT2D eigenvalue weighted by Gasteiger charge is -2.24. The molecule has 2 heterocycles. The van der Waals surface area contributed by atoms with E-state index < -0.39 is 10.0 Å². The summed E-state index contributed by atoms with van der Waals surface area (Å²) in [7, 11) is -3.58. The highest BCUT2D eigenvalue weighted by Crippen LogP contribution is 2.30. The summed E-state index contributed by atoms with van der Waals surface area (Å²) in [4.78, 5) is 6.56. The predicted molar refractivity (Wildman–Crippen MR) is 84.3 cm³/mol. The third-order valence-electron chi connectivity index (χ3n) is 3.59. The lowest BCUT2D eigenvalue weighted by molar-refractivity contribution is 0.591. The highest BCUT2D eigenvalue weighted by Gasteiger charge is 2.27. The number of aliphatic imine (C=N–C) groups is 1. The van der Waals surface area contributed by atoms with Gasteiger partial charge in [-0.05, 0) is 31.0 Å². The van der Waals surface area contributed by atoms with Crippen LogP contribution >= 0.6 is 0 Å². The predicted octanol–water partition coefficient (Wildman–Crippen LogP) is 1.53. The first-order chi connectivity index (χ1) is 10.1. The number of guanidine groups is 1. The van der Waals surface area contributed by atoms with Crippen LogP contribution in [-0.2, 0) is 10.0 Å². The number of fused-ring (bicyclic) bond motifs is 1. The van der Waals surface area contributed by atoms with Gasteiger partial charge in [-0.25, -0.2) is 18.1 Å². The van der Waals surface area contributed by atoms with Crippen LogP contribution in [0, 0.1) is 0 Å². The summed E-state index contributed by atoms with van der Waals surface area (Å²) < 4.78 is 27.1. The standard InChI is InChI=1S/C14H18N4O2S/c1-2-7-15-14-16-12-6-5-11(18-8-3-4-9-18)10-13(12)21(19,20)17-14/h2,5-6,10H,1,3-4,7-9H2,(H2,15,16,17). The van der Waals surface area contributed by atoms with Crippen LogP contribution in [0.1, 0.15) is 12.8 Å². The Morgan fingerprint density at radius 3 is 2.81 bits per heavy atom. The Labute approximate surface area is 124 Å². The molecular formula is C14H18N4O2S. The number of benzene rings is 1. The molecule has 1 aromatic carbocycles. The molecular weight excluding hydrogens is 288 g/mol. The summed E-state index contributed by atoms with van der Waals surface area (Å²) in [5.41, 5.74) is 1.50. The molecule has 0 radical (unpaired) electrons. The molecule has 0 spiro atoms. The number of anilines is 2. The number of hydrogen-bond acceptors (Lipinski definition) is 4. The summed E-state index contributed by atoms with van der Waals surface area (Å²) in [6, 6.07) is 5.47. The molecule has 0 unspecified atom stereocenters. The molecule has 3 rings (SSSR count). The fraction of sp³-hybridized carbons (Fsp3) is 0.357. The first kappa shape index (κ1) is 13.9. The highest BCUT2D eigenvalue weighted by molar-refractivity contribution is 7.90. The topological polar surface area (TPSA) is 73.8 Å². The van der Waals surface area contributed by atoms with E-state index >= 15 is 0 Å². The molecule has 2 aliphatic rings. The largest absolute Gasteiger partial charge is 0.371 e. The Morgan fingerprint density at radius 2 is 2.10 bits per heavy atom. The van der Waals surface area contributed by atoms with Gasteiger partial charge in [0.15, 0.2) is 0 Å². The zero-order chi connectivity index (χ0) is 14.9. The maximum atomic E-state index is 12.3. The molecule has 7 heteroatoms. The van der Waals surface area contributed by atoms with Crippen LogP contribution in [0.4, 0.5) is 11.4 Å². The quantitative estimate of drug-likeness (QED) is 0.831. The molecule has 0 atom stereocenters. The van der Waals surface area contributed by atoms with Crippen molar-refractivity contribution in [1.29, 1.82) is 0 Å².